The molecule has 0 heterocycles. The Bertz CT molecular complexity index is 890. The minimum Gasteiger partial charge on any atom is -0.495 e. The number of carbonyl (C=O) groups is 1. The smallest absolute Gasteiger partial charge is 0.256 e. The molecule has 0 saturated carbocycles. The number of sulfonamides is 1. The van der Waals surface area contributed by atoms with E-state index in [-0.39, 0.29) is 10.8 Å². The maximum atomic E-state index is 12.7. The largest absolute Gasteiger partial charge is 0.495 e. The van der Waals surface area contributed by atoms with Gasteiger partial charge in [-0.25, -0.2) is 8.42 Å². The first-order valence-corrected chi connectivity index (χ1v) is 9.84. The summed E-state index contributed by atoms with van der Waals surface area (Å²) in [7, 11) is -2.16. The van der Waals surface area contributed by atoms with Crippen molar-refractivity contribution in [3.63, 3.8) is 0 Å². The third-order valence-electron chi connectivity index (χ3n) is 4.15. The molecule has 140 valence electrons. The lowest BCUT2D eigenvalue weighted by atomic mass is 10.1. The van der Waals surface area contributed by atoms with E-state index < -0.39 is 10.0 Å². The number of hydrogen-bond donors (Lipinski definition) is 1. The Morgan fingerprint density at radius 2 is 1.77 bits per heavy atom. The third kappa shape index (κ3) is 4.05. The zero-order valence-corrected chi connectivity index (χ0v) is 16.3. The molecule has 0 aromatic heterocycles. The predicted molar refractivity (Wildman–Crippen MR) is 102 cm³/mol. The van der Waals surface area contributed by atoms with Crippen LogP contribution in [0.25, 0.3) is 0 Å². The lowest BCUT2D eigenvalue weighted by Gasteiger charge is -2.19. The topological polar surface area (TPSA) is 75.7 Å². The van der Waals surface area contributed by atoms with Crippen LogP contribution in [0.5, 0.6) is 5.75 Å². The van der Waals surface area contributed by atoms with Gasteiger partial charge in [0.2, 0.25) is 10.0 Å². The summed E-state index contributed by atoms with van der Waals surface area (Å²) in [6, 6.07) is 11.6. The number of anilines is 1. The Balaban J connectivity index is 2.42. The summed E-state index contributed by atoms with van der Waals surface area (Å²) in [6.07, 6.45) is 0. The van der Waals surface area contributed by atoms with E-state index in [9.17, 15) is 13.2 Å². The molecule has 0 unspecified atom stereocenters. The van der Waals surface area contributed by atoms with E-state index in [1.165, 1.54) is 23.5 Å². The van der Waals surface area contributed by atoms with E-state index in [2.05, 4.69) is 5.32 Å². The highest BCUT2D eigenvalue weighted by Gasteiger charge is 2.23. The number of benzene rings is 2. The zero-order valence-electron chi connectivity index (χ0n) is 15.4. The van der Waals surface area contributed by atoms with Crippen molar-refractivity contribution >= 4 is 21.6 Å². The van der Waals surface area contributed by atoms with Crippen molar-refractivity contribution in [2.75, 3.05) is 25.5 Å². The molecule has 26 heavy (non-hydrogen) atoms. The van der Waals surface area contributed by atoms with Gasteiger partial charge in [0.25, 0.3) is 5.91 Å². The lowest BCUT2D eigenvalue weighted by molar-refractivity contribution is 0.102. The van der Waals surface area contributed by atoms with Crippen LogP contribution < -0.4 is 10.1 Å². The van der Waals surface area contributed by atoms with Crippen LogP contribution in [0.3, 0.4) is 0 Å². The molecule has 6 nitrogen and oxygen atoms in total. The normalized spacial score (nSPS) is 11.4. The second-order valence-electron chi connectivity index (χ2n) is 5.72. The molecule has 0 aliphatic heterocycles. The van der Waals surface area contributed by atoms with Gasteiger partial charge >= 0.3 is 0 Å². The first kappa shape index (κ1) is 19.9. The molecule has 0 fully saturated rings. The molecule has 0 atom stereocenters. The number of nitrogens with zero attached hydrogens (tertiary/aromatic N) is 1. The van der Waals surface area contributed by atoms with Crippen molar-refractivity contribution in [2.24, 2.45) is 0 Å². The highest BCUT2D eigenvalue weighted by molar-refractivity contribution is 7.89. The average molecular weight is 376 g/mol. The number of amides is 1. The lowest BCUT2D eigenvalue weighted by Crippen LogP contribution is -2.30. The molecule has 1 N–H and O–H groups in total. The summed E-state index contributed by atoms with van der Waals surface area (Å²) in [5, 5.41) is 2.76. The molecule has 0 spiro atoms. The monoisotopic (exact) mass is 376 g/mol. The maximum Gasteiger partial charge on any atom is 0.256 e. The maximum absolute atomic E-state index is 12.7. The predicted octanol–water partition coefficient (Wildman–Crippen LogP) is 3.29. The number of rotatable bonds is 7. The van der Waals surface area contributed by atoms with Gasteiger partial charge in [-0.1, -0.05) is 32.0 Å². The van der Waals surface area contributed by atoms with Crippen LogP contribution in [-0.2, 0) is 10.0 Å². The van der Waals surface area contributed by atoms with Crippen molar-refractivity contribution in [3.05, 3.63) is 53.6 Å². The Morgan fingerprint density at radius 3 is 2.35 bits per heavy atom. The second kappa shape index (κ2) is 8.33. The summed E-state index contributed by atoms with van der Waals surface area (Å²) in [6.45, 7) is 6.15. The minimum atomic E-state index is -3.63. The van der Waals surface area contributed by atoms with E-state index in [4.69, 9.17) is 4.74 Å². The molecule has 2 rings (SSSR count). The fourth-order valence-electron chi connectivity index (χ4n) is 2.68. The Kier molecular flexibility index (Phi) is 6.39. The zero-order chi connectivity index (χ0) is 19.3. The quantitative estimate of drug-likeness (QED) is 0.805. The van der Waals surface area contributed by atoms with Crippen LogP contribution in [0.4, 0.5) is 5.69 Å². The summed E-state index contributed by atoms with van der Waals surface area (Å²) in [5.74, 6) is 0.0734. The summed E-state index contributed by atoms with van der Waals surface area (Å²) < 4.78 is 32.1. The highest BCUT2D eigenvalue weighted by Crippen LogP contribution is 2.29. The fourth-order valence-corrected chi connectivity index (χ4v) is 4.16. The van der Waals surface area contributed by atoms with Crippen LogP contribution in [0.15, 0.2) is 47.4 Å². The molecule has 2 aromatic carbocycles. The molecular formula is C19H24N2O4S. The van der Waals surface area contributed by atoms with Crippen molar-refractivity contribution in [3.8, 4) is 5.75 Å². The number of hydrogen-bond acceptors (Lipinski definition) is 4. The Morgan fingerprint density at radius 1 is 1.12 bits per heavy atom. The van der Waals surface area contributed by atoms with Crippen LogP contribution >= 0.6 is 0 Å². The Labute approximate surface area is 154 Å². The van der Waals surface area contributed by atoms with Gasteiger partial charge in [0, 0.05) is 18.7 Å². The number of ether oxygens (including phenoxy) is 1. The SMILES string of the molecule is CCN(CC)S(=O)(=O)c1ccc(OC)c(NC(=O)c2ccccc2C)c1. The van der Waals surface area contributed by atoms with Crippen LogP contribution in [-0.4, -0.2) is 38.8 Å². The molecule has 2 aromatic rings. The van der Waals surface area contributed by atoms with Crippen molar-refractivity contribution in [2.45, 2.75) is 25.7 Å². The van der Waals surface area contributed by atoms with E-state index >= 15 is 0 Å². The van der Waals surface area contributed by atoms with Crippen molar-refractivity contribution < 1.29 is 17.9 Å². The summed E-state index contributed by atoms with van der Waals surface area (Å²) >= 11 is 0. The van der Waals surface area contributed by atoms with E-state index in [0.29, 0.717) is 30.1 Å². The highest BCUT2D eigenvalue weighted by atomic mass is 32.2. The van der Waals surface area contributed by atoms with Crippen LogP contribution in [0.2, 0.25) is 0 Å². The average Bonchev–Trinajstić information content (AvgIpc) is 2.62. The summed E-state index contributed by atoms with van der Waals surface area (Å²) in [5.41, 5.74) is 1.66. The van der Waals surface area contributed by atoms with Gasteiger partial charge in [-0.2, -0.15) is 4.31 Å². The molecule has 0 aliphatic rings. The molecule has 0 aliphatic carbocycles. The number of nitrogens with one attached hydrogen (secondary N) is 1. The Hall–Kier alpha value is -2.38. The first-order valence-electron chi connectivity index (χ1n) is 8.40. The molecule has 0 radical (unpaired) electrons. The van der Waals surface area contributed by atoms with Crippen LogP contribution in [0, 0.1) is 6.92 Å². The molecule has 0 saturated heterocycles. The van der Waals surface area contributed by atoms with Crippen molar-refractivity contribution in [1.82, 2.24) is 4.31 Å². The molecule has 0 bridgehead atoms. The van der Waals surface area contributed by atoms with E-state index in [1.807, 2.05) is 19.1 Å². The molecule has 1 amide bonds. The fraction of sp³-hybridized carbons (Fsp3) is 0.316. The van der Waals surface area contributed by atoms with Crippen molar-refractivity contribution in [1.29, 1.82) is 0 Å². The number of methoxy groups -OCH3 is 1. The van der Waals surface area contributed by atoms with E-state index in [1.54, 1.807) is 32.0 Å². The van der Waals surface area contributed by atoms with E-state index in [0.717, 1.165) is 5.56 Å². The van der Waals surface area contributed by atoms with Gasteiger partial charge in [0.05, 0.1) is 17.7 Å². The standard InChI is InChI=1S/C19H24N2O4S/c1-5-21(6-2)26(23,24)15-11-12-18(25-4)17(13-15)20-19(22)16-10-8-7-9-14(16)3/h7-13H,5-6H2,1-4H3,(H,20,22). The first-order chi connectivity index (χ1) is 12.3. The summed E-state index contributed by atoms with van der Waals surface area (Å²) in [4.78, 5) is 12.7. The number of carbonyl (C=O) groups excluding carboxylic acids is 1. The van der Waals surface area contributed by atoms with Crippen LogP contribution in [0.1, 0.15) is 29.8 Å². The minimum absolute atomic E-state index is 0.113. The second-order valence-corrected chi connectivity index (χ2v) is 7.66. The van der Waals surface area contributed by atoms with Gasteiger partial charge in [0.15, 0.2) is 0 Å². The van der Waals surface area contributed by atoms with Gasteiger partial charge in [-0.15, -0.1) is 0 Å². The molecular weight excluding hydrogens is 352 g/mol. The van der Waals surface area contributed by atoms with Gasteiger partial charge in [-0.05, 0) is 36.8 Å². The number of aryl methyl sites for hydroxylation is 1. The van der Waals surface area contributed by atoms with Gasteiger partial charge in [-0.3, -0.25) is 4.79 Å². The third-order valence-corrected chi connectivity index (χ3v) is 6.20. The van der Waals surface area contributed by atoms with Gasteiger partial charge < -0.3 is 10.1 Å². The van der Waals surface area contributed by atoms with Gasteiger partial charge in [0.1, 0.15) is 5.75 Å². The molecule has 7 heteroatoms.